The van der Waals surface area contributed by atoms with Gasteiger partial charge in [0, 0.05) is 20.0 Å². The van der Waals surface area contributed by atoms with E-state index in [1.165, 1.54) is 0 Å². The Hall–Kier alpha value is -0.733. The maximum absolute atomic E-state index is 13.7. The van der Waals surface area contributed by atoms with Crippen LogP contribution in [0.2, 0.25) is 13.1 Å². The van der Waals surface area contributed by atoms with Crippen LogP contribution in [0.25, 0.3) is 0 Å². The van der Waals surface area contributed by atoms with Crippen LogP contribution in [0, 0.1) is 0 Å². The predicted octanol–water partition coefficient (Wildman–Crippen LogP) is 5.90. The lowest BCUT2D eigenvalue weighted by molar-refractivity contribution is -0.394. The van der Waals surface area contributed by atoms with Crippen LogP contribution in [-0.4, -0.2) is 50.8 Å². The highest BCUT2D eigenvalue weighted by molar-refractivity contribution is 6.73. The van der Waals surface area contributed by atoms with Gasteiger partial charge >= 0.3 is 35.4 Å². The summed E-state index contributed by atoms with van der Waals surface area (Å²) in [5, 5.41) is 0. The summed E-state index contributed by atoms with van der Waals surface area (Å²) < 4.78 is 174. The van der Waals surface area contributed by atoms with Crippen LogP contribution < -0.4 is 0 Å². The Morgan fingerprint density at radius 1 is 0.615 bits per heavy atom. The molecule has 15 heteroatoms. The van der Waals surface area contributed by atoms with Crippen molar-refractivity contribution in [2.75, 3.05) is 7.11 Å². The van der Waals surface area contributed by atoms with Gasteiger partial charge in [-0.1, -0.05) is 0 Å². The molecule has 0 heterocycles. The zero-order valence-corrected chi connectivity index (χ0v) is 14.2. The number of hydrogen-bond donors (Lipinski definition) is 0. The molecule has 0 aliphatic heterocycles. The van der Waals surface area contributed by atoms with E-state index in [1.54, 1.807) is 0 Å². The zero-order chi connectivity index (χ0) is 21.6. The molecule has 0 fully saturated rings. The number of alkyl halides is 13. The largest absolute Gasteiger partial charge is 0.413 e. The van der Waals surface area contributed by atoms with Gasteiger partial charge in [-0.25, -0.2) is 8.78 Å². The fourth-order valence-electron chi connectivity index (χ4n) is 1.59. The van der Waals surface area contributed by atoms with E-state index >= 15 is 0 Å². The molecule has 0 rings (SSSR count). The molecule has 158 valence electrons. The highest BCUT2D eigenvalue weighted by Gasteiger charge is 2.88. The zero-order valence-electron chi connectivity index (χ0n) is 13.2. The molecule has 0 aromatic rings. The molecule has 26 heavy (non-hydrogen) atoms. The quantitative estimate of drug-likeness (QED) is 0.340. The first-order chi connectivity index (χ1) is 11.0. The van der Waals surface area contributed by atoms with Crippen molar-refractivity contribution in [2.45, 2.75) is 61.3 Å². The Labute approximate surface area is 139 Å². The summed E-state index contributed by atoms with van der Waals surface area (Å²) in [5.74, 6) is -28.0. The van der Waals surface area contributed by atoms with E-state index in [0.29, 0.717) is 7.11 Å². The van der Waals surface area contributed by atoms with Crippen molar-refractivity contribution in [1.29, 1.82) is 0 Å². The summed E-state index contributed by atoms with van der Waals surface area (Å²) in [6.45, 7) is 0.466. The number of rotatable bonds is 8. The van der Waals surface area contributed by atoms with E-state index in [9.17, 15) is 57.1 Å². The van der Waals surface area contributed by atoms with Crippen LogP contribution in [0.5, 0.6) is 0 Å². The fraction of sp³-hybridized carbons (Fsp3) is 1.00. The summed E-state index contributed by atoms with van der Waals surface area (Å²) in [5.41, 5.74) is -5.97. The highest BCUT2D eigenvalue weighted by Crippen LogP contribution is 2.59. The second kappa shape index (κ2) is 6.70. The molecule has 0 N–H and O–H groups in total. The smallest absolute Gasteiger partial charge is 0.389 e. The van der Waals surface area contributed by atoms with Gasteiger partial charge in [-0.15, -0.1) is 0 Å². The molecular formula is C11H13F13OSi. The van der Waals surface area contributed by atoms with Crippen molar-refractivity contribution in [3.63, 3.8) is 0 Å². The van der Waals surface area contributed by atoms with Gasteiger partial charge in [-0.05, 0) is 13.1 Å². The topological polar surface area (TPSA) is 9.23 Å². The maximum Gasteiger partial charge on any atom is 0.389 e. The van der Waals surface area contributed by atoms with Crippen molar-refractivity contribution in [2.24, 2.45) is 0 Å². The monoisotopic (exact) mass is 436 g/mol. The Balaban J connectivity index is 6.10. The lowest BCUT2D eigenvalue weighted by Crippen LogP contribution is -2.72. The first-order valence-corrected chi connectivity index (χ1v) is 9.43. The molecule has 0 aliphatic rings. The van der Waals surface area contributed by atoms with E-state index < -0.39 is 56.6 Å². The summed E-state index contributed by atoms with van der Waals surface area (Å²) in [6.07, 6.45) is -11.2. The molecule has 0 aromatic heterocycles. The minimum Gasteiger partial charge on any atom is -0.413 e. The third-order valence-corrected chi connectivity index (χ3v) is 6.48. The van der Waals surface area contributed by atoms with Gasteiger partial charge in [-0.3, -0.25) is 0 Å². The average molecular weight is 436 g/mol. The minimum atomic E-state index is -7.39. The Bertz CT molecular complexity index is 497. The summed E-state index contributed by atoms with van der Waals surface area (Å²) in [7, 11) is -4.76. The van der Waals surface area contributed by atoms with E-state index in [4.69, 9.17) is 0 Å². The number of halogens is 13. The van der Waals surface area contributed by atoms with Crippen LogP contribution in [0.1, 0.15) is 12.8 Å². The van der Waals surface area contributed by atoms with Crippen LogP contribution in [0.3, 0.4) is 0 Å². The standard InChI is InChI=1S/C11H13F13OSi/c1-25-26(2,3)11(23,24)10(21,22)9(19,20)8(17,18)6(12,13)4-5-7(14,15)16/h4-5H2,1-3H3. The van der Waals surface area contributed by atoms with Gasteiger partial charge in [0.25, 0.3) is 8.32 Å². The normalized spacial score (nSPS) is 16.2. The van der Waals surface area contributed by atoms with Gasteiger partial charge in [0.1, 0.15) is 0 Å². The first kappa shape index (κ1) is 25.3. The molecule has 0 saturated heterocycles. The molecule has 0 saturated carbocycles. The Kier molecular flexibility index (Phi) is 6.51. The fourth-order valence-corrected chi connectivity index (χ4v) is 2.76. The van der Waals surface area contributed by atoms with Crippen molar-refractivity contribution in [1.82, 2.24) is 0 Å². The van der Waals surface area contributed by atoms with Crippen LogP contribution in [-0.2, 0) is 4.43 Å². The molecule has 0 radical (unpaired) electrons. The molecule has 0 spiro atoms. The van der Waals surface area contributed by atoms with Gasteiger partial charge in [0.05, 0.1) is 0 Å². The molecule has 0 aromatic carbocycles. The summed E-state index contributed by atoms with van der Waals surface area (Å²) >= 11 is 0. The molecule has 0 atom stereocenters. The maximum atomic E-state index is 13.7. The lowest BCUT2D eigenvalue weighted by Gasteiger charge is -2.43. The molecule has 0 bridgehead atoms. The van der Waals surface area contributed by atoms with Gasteiger partial charge in [0.15, 0.2) is 0 Å². The van der Waals surface area contributed by atoms with Crippen LogP contribution in [0.15, 0.2) is 0 Å². The third kappa shape index (κ3) is 3.92. The van der Waals surface area contributed by atoms with Crippen LogP contribution in [0.4, 0.5) is 57.1 Å². The second-order valence-corrected chi connectivity index (χ2v) is 9.89. The Morgan fingerprint density at radius 2 is 1.00 bits per heavy atom. The lowest BCUT2D eigenvalue weighted by atomic mass is 9.95. The highest BCUT2D eigenvalue weighted by atomic mass is 28.4. The predicted molar refractivity (Wildman–Crippen MR) is 64.5 cm³/mol. The second-order valence-electron chi connectivity index (χ2n) is 5.83. The SMILES string of the molecule is CO[Si](C)(C)C(F)(F)C(F)(F)C(F)(F)C(F)(F)C(F)(F)CCC(F)(F)F. The molecular weight excluding hydrogens is 423 g/mol. The van der Waals surface area contributed by atoms with E-state index in [1.807, 2.05) is 0 Å². The van der Waals surface area contributed by atoms with Crippen LogP contribution >= 0.6 is 0 Å². The molecule has 0 aliphatic carbocycles. The van der Waals surface area contributed by atoms with Crippen molar-refractivity contribution in [3.05, 3.63) is 0 Å². The van der Waals surface area contributed by atoms with E-state index in [0.717, 1.165) is 0 Å². The molecule has 0 amide bonds. The average Bonchev–Trinajstić information content (AvgIpc) is 2.43. The first-order valence-electron chi connectivity index (χ1n) is 6.53. The van der Waals surface area contributed by atoms with Gasteiger partial charge in [0.2, 0.25) is 0 Å². The molecule has 0 unspecified atom stereocenters. The van der Waals surface area contributed by atoms with Gasteiger partial charge in [-0.2, -0.15) is 48.3 Å². The van der Waals surface area contributed by atoms with Gasteiger partial charge < -0.3 is 4.43 Å². The van der Waals surface area contributed by atoms with E-state index in [-0.39, 0.29) is 13.1 Å². The summed E-state index contributed by atoms with van der Waals surface area (Å²) in [6, 6.07) is 0. The minimum absolute atomic E-state index is 0.233. The van der Waals surface area contributed by atoms with Crippen molar-refractivity contribution in [3.8, 4) is 0 Å². The molecule has 1 nitrogen and oxygen atoms in total. The van der Waals surface area contributed by atoms with Crippen molar-refractivity contribution < 1.29 is 61.5 Å². The van der Waals surface area contributed by atoms with E-state index in [2.05, 4.69) is 4.43 Å². The Morgan fingerprint density at radius 3 is 1.31 bits per heavy atom. The third-order valence-electron chi connectivity index (χ3n) is 3.63. The summed E-state index contributed by atoms with van der Waals surface area (Å²) in [4.78, 5) is 0. The van der Waals surface area contributed by atoms with Crippen molar-refractivity contribution >= 4 is 8.32 Å². The number of hydrogen-bond acceptors (Lipinski definition) is 1.